The third-order valence-electron chi connectivity index (χ3n) is 7.03. The van der Waals surface area contributed by atoms with Crippen LogP contribution in [0, 0.1) is 11.3 Å². The summed E-state index contributed by atoms with van der Waals surface area (Å²) in [5, 5.41) is 16.2. The maximum atomic E-state index is 13.0. The fourth-order valence-electron chi connectivity index (χ4n) is 4.78. The molecule has 7 nitrogen and oxygen atoms in total. The zero-order chi connectivity index (χ0) is 27.0. The highest BCUT2D eigenvalue weighted by atomic mass is 16.1. The van der Waals surface area contributed by atoms with Crippen molar-refractivity contribution >= 4 is 23.0 Å². The standard InChI is InChI=1S/C32H32N6O/c1-2-37-16-18-38(19-17-37)23-24-20-27(21-33)31(34-22-24)25-12-14-26(15-13-25)32(39)36-30-11-7-6-10-29(30)35-28-8-4-3-5-9-28/h3-15,20,22,35H,2,16-19,23H2,1H3,(H,36,39). The monoisotopic (exact) mass is 516 g/mol. The number of nitrogens with zero attached hydrogens (tertiary/aromatic N) is 4. The van der Waals surface area contributed by atoms with E-state index in [0.717, 1.165) is 61.8 Å². The average Bonchev–Trinajstić information content (AvgIpc) is 2.99. The molecule has 0 radical (unpaired) electrons. The molecule has 0 unspecified atom stereocenters. The number of para-hydroxylation sites is 3. The minimum atomic E-state index is -0.212. The zero-order valence-electron chi connectivity index (χ0n) is 22.1. The van der Waals surface area contributed by atoms with E-state index in [-0.39, 0.29) is 5.91 Å². The normalized spacial score (nSPS) is 13.9. The Morgan fingerprint density at radius 1 is 0.897 bits per heavy atom. The van der Waals surface area contributed by atoms with Crippen molar-refractivity contribution in [2.45, 2.75) is 13.5 Å². The number of nitrogens with one attached hydrogen (secondary N) is 2. The molecule has 0 saturated carbocycles. The number of carbonyl (C=O) groups excluding carboxylic acids is 1. The molecule has 1 aliphatic rings. The van der Waals surface area contributed by atoms with E-state index in [0.29, 0.717) is 22.5 Å². The molecule has 1 aromatic heterocycles. The van der Waals surface area contributed by atoms with E-state index in [1.165, 1.54) is 0 Å². The lowest BCUT2D eigenvalue weighted by molar-refractivity contribution is 0.102. The Kier molecular flexibility index (Phi) is 8.27. The Hall–Kier alpha value is -4.51. The van der Waals surface area contributed by atoms with Crippen LogP contribution in [0.4, 0.5) is 17.1 Å². The van der Waals surface area contributed by atoms with Gasteiger partial charge in [0.2, 0.25) is 0 Å². The lowest BCUT2D eigenvalue weighted by Gasteiger charge is -2.34. The number of pyridine rings is 1. The molecular formula is C32H32N6O. The van der Waals surface area contributed by atoms with Crippen LogP contribution in [0.1, 0.15) is 28.4 Å². The van der Waals surface area contributed by atoms with Gasteiger partial charge in [-0.05, 0) is 54.6 Å². The summed E-state index contributed by atoms with van der Waals surface area (Å²) in [5.74, 6) is -0.212. The quantitative estimate of drug-likeness (QED) is 0.310. The Morgan fingerprint density at radius 3 is 2.26 bits per heavy atom. The van der Waals surface area contributed by atoms with Gasteiger partial charge in [0.1, 0.15) is 6.07 Å². The van der Waals surface area contributed by atoms with Crippen molar-refractivity contribution in [3.63, 3.8) is 0 Å². The van der Waals surface area contributed by atoms with Crippen molar-refractivity contribution in [3.8, 4) is 17.3 Å². The molecule has 0 bridgehead atoms. The third kappa shape index (κ3) is 6.50. The first-order valence-corrected chi connectivity index (χ1v) is 13.3. The van der Waals surface area contributed by atoms with Gasteiger partial charge in [0.25, 0.3) is 5.91 Å². The first-order chi connectivity index (χ1) is 19.1. The number of aromatic nitrogens is 1. The number of piperazine rings is 1. The molecule has 1 amide bonds. The Bertz CT molecular complexity index is 1450. The lowest BCUT2D eigenvalue weighted by atomic mass is 10.0. The van der Waals surface area contributed by atoms with Gasteiger partial charge < -0.3 is 15.5 Å². The summed E-state index contributed by atoms with van der Waals surface area (Å²) in [6.45, 7) is 8.26. The molecule has 3 aromatic carbocycles. The molecule has 0 atom stereocenters. The van der Waals surface area contributed by atoms with Crippen LogP contribution in [-0.2, 0) is 6.54 Å². The molecule has 196 valence electrons. The van der Waals surface area contributed by atoms with E-state index in [1.54, 1.807) is 12.1 Å². The van der Waals surface area contributed by atoms with Crippen LogP contribution in [0.5, 0.6) is 0 Å². The van der Waals surface area contributed by atoms with Gasteiger partial charge in [-0.25, -0.2) is 0 Å². The van der Waals surface area contributed by atoms with Crippen LogP contribution >= 0.6 is 0 Å². The third-order valence-corrected chi connectivity index (χ3v) is 7.03. The molecule has 39 heavy (non-hydrogen) atoms. The number of amides is 1. The van der Waals surface area contributed by atoms with Crippen LogP contribution < -0.4 is 10.6 Å². The van der Waals surface area contributed by atoms with Crippen LogP contribution in [0.3, 0.4) is 0 Å². The van der Waals surface area contributed by atoms with E-state index in [9.17, 15) is 10.1 Å². The summed E-state index contributed by atoms with van der Waals surface area (Å²) in [6.07, 6.45) is 1.86. The van der Waals surface area contributed by atoms with E-state index in [1.807, 2.05) is 79.0 Å². The van der Waals surface area contributed by atoms with Gasteiger partial charge in [-0.2, -0.15) is 5.26 Å². The maximum Gasteiger partial charge on any atom is 0.255 e. The summed E-state index contributed by atoms with van der Waals surface area (Å²) in [6, 6.07) is 28.9. The number of likely N-dealkylation sites (N-methyl/N-ethyl adjacent to an activating group) is 1. The summed E-state index contributed by atoms with van der Waals surface area (Å²) in [7, 11) is 0. The number of nitriles is 1. The Morgan fingerprint density at radius 2 is 1.56 bits per heavy atom. The van der Waals surface area contributed by atoms with Gasteiger partial charge in [-0.3, -0.25) is 14.7 Å². The van der Waals surface area contributed by atoms with Gasteiger partial charge >= 0.3 is 0 Å². The van der Waals surface area contributed by atoms with Crippen molar-refractivity contribution in [3.05, 3.63) is 108 Å². The topological polar surface area (TPSA) is 84.3 Å². The summed E-state index contributed by atoms with van der Waals surface area (Å²) in [5.41, 5.74) is 5.97. The largest absolute Gasteiger partial charge is 0.354 e. The number of carbonyl (C=O) groups is 1. The fourth-order valence-corrected chi connectivity index (χ4v) is 4.78. The first-order valence-electron chi connectivity index (χ1n) is 13.3. The van der Waals surface area contributed by atoms with Crippen LogP contribution in [0.15, 0.2) is 91.1 Å². The Balaban J connectivity index is 1.26. The number of anilines is 3. The molecule has 2 heterocycles. The van der Waals surface area contributed by atoms with Gasteiger partial charge in [-0.15, -0.1) is 0 Å². The van der Waals surface area contributed by atoms with Gasteiger partial charge in [0.05, 0.1) is 22.6 Å². The van der Waals surface area contributed by atoms with E-state index >= 15 is 0 Å². The molecule has 1 fully saturated rings. The second-order valence-corrected chi connectivity index (χ2v) is 9.63. The van der Waals surface area contributed by atoms with Gasteiger partial charge in [0, 0.05) is 55.7 Å². The molecular weight excluding hydrogens is 484 g/mol. The number of hydrogen-bond donors (Lipinski definition) is 2. The maximum absolute atomic E-state index is 13.0. The highest BCUT2D eigenvalue weighted by Gasteiger charge is 2.17. The van der Waals surface area contributed by atoms with Crippen molar-refractivity contribution in [2.75, 3.05) is 43.4 Å². The average molecular weight is 517 g/mol. The molecule has 1 aliphatic heterocycles. The van der Waals surface area contributed by atoms with Crippen molar-refractivity contribution in [1.82, 2.24) is 14.8 Å². The Labute approximate surface area is 229 Å². The van der Waals surface area contributed by atoms with E-state index in [2.05, 4.69) is 38.4 Å². The van der Waals surface area contributed by atoms with Crippen molar-refractivity contribution in [2.24, 2.45) is 0 Å². The smallest absolute Gasteiger partial charge is 0.255 e. The predicted molar refractivity (Wildman–Crippen MR) is 156 cm³/mol. The van der Waals surface area contributed by atoms with Crippen molar-refractivity contribution < 1.29 is 4.79 Å². The molecule has 0 aliphatic carbocycles. The summed E-state index contributed by atoms with van der Waals surface area (Å²) < 4.78 is 0. The fraction of sp³-hybridized carbons (Fsp3) is 0.219. The van der Waals surface area contributed by atoms with E-state index < -0.39 is 0 Å². The zero-order valence-corrected chi connectivity index (χ0v) is 22.1. The molecule has 0 spiro atoms. The SMILES string of the molecule is CCN1CCN(Cc2cnc(-c3ccc(C(=O)Nc4ccccc4Nc4ccccc4)cc3)c(C#N)c2)CC1. The van der Waals surface area contributed by atoms with Crippen LogP contribution in [0.2, 0.25) is 0 Å². The molecule has 5 rings (SSSR count). The highest BCUT2D eigenvalue weighted by molar-refractivity contribution is 6.06. The van der Waals surface area contributed by atoms with E-state index in [4.69, 9.17) is 0 Å². The number of benzene rings is 3. The predicted octanol–water partition coefficient (Wildman–Crippen LogP) is 5.75. The van der Waals surface area contributed by atoms with Crippen LogP contribution in [-0.4, -0.2) is 53.4 Å². The molecule has 2 N–H and O–H groups in total. The molecule has 1 saturated heterocycles. The molecule has 7 heteroatoms. The number of hydrogen-bond acceptors (Lipinski definition) is 6. The van der Waals surface area contributed by atoms with Crippen LogP contribution in [0.25, 0.3) is 11.3 Å². The summed E-state index contributed by atoms with van der Waals surface area (Å²) in [4.78, 5) is 22.5. The first kappa shape index (κ1) is 26.1. The van der Waals surface area contributed by atoms with Gasteiger partial charge in [-0.1, -0.05) is 49.4 Å². The number of rotatable bonds is 8. The highest BCUT2D eigenvalue weighted by Crippen LogP contribution is 2.27. The minimum Gasteiger partial charge on any atom is -0.354 e. The van der Waals surface area contributed by atoms with Crippen molar-refractivity contribution in [1.29, 1.82) is 5.26 Å². The second kappa shape index (κ2) is 12.4. The summed E-state index contributed by atoms with van der Waals surface area (Å²) >= 11 is 0. The lowest BCUT2D eigenvalue weighted by Crippen LogP contribution is -2.45. The molecule has 4 aromatic rings. The van der Waals surface area contributed by atoms with Gasteiger partial charge in [0.15, 0.2) is 0 Å². The second-order valence-electron chi connectivity index (χ2n) is 9.63. The minimum absolute atomic E-state index is 0.212.